The fraction of sp³-hybridized carbons (Fsp3) is 0.667. The average Bonchev–Trinajstić information content (AvgIpc) is 2.49. The van der Waals surface area contributed by atoms with Crippen molar-refractivity contribution in [2.45, 2.75) is 51.0 Å². The minimum Gasteiger partial charge on any atom is -0.329 e. The van der Waals surface area contributed by atoms with Gasteiger partial charge in [-0.2, -0.15) is 0 Å². The Bertz CT molecular complexity index is 370. The number of benzene rings is 1. The topological polar surface area (TPSA) is 29.3 Å². The molecule has 0 spiro atoms. The summed E-state index contributed by atoms with van der Waals surface area (Å²) in [6, 6.07) is 11.2. The average molecular weight is 274 g/mol. The third-order valence-corrected chi connectivity index (χ3v) is 4.98. The van der Waals surface area contributed by atoms with Crippen molar-refractivity contribution in [3.05, 3.63) is 35.9 Å². The first kappa shape index (κ1) is 15.5. The molecule has 0 aromatic heterocycles. The fourth-order valence-corrected chi connectivity index (χ4v) is 3.66. The number of nitrogens with two attached hydrogens (primary N) is 1. The van der Waals surface area contributed by atoms with E-state index >= 15 is 0 Å². The Labute approximate surface area is 124 Å². The first-order valence-corrected chi connectivity index (χ1v) is 8.17. The van der Waals surface area contributed by atoms with Gasteiger partial charge in [0.25, 0.3) is 0 Å². The van der Waals surface area contributed by atoms with Gasteiger partial charge in [0.2, 0.25) is 0 Å². The highest BCUT2D eigenvalue weighted by Gasteiger charge is 2.24. The fourth-order valence-electron chi connectivity index (χ4n) is 3.66. The first-order chi connectivity index (χ1) is 9.72. The van der Waals surface area contributed by atoms with Gasteiger partial charge in [-0.15, -0.1) is 0 Å². The lowest BCUT2D eigenvalue weighted by atomic mass is 9.87. The van der Waals surface area contributed by atoms with Crippen LogP contribution in [0.4, 0.5) is 0 Å². The summed E-state index contributed by atoms with van der Waals surface area (Å²) in [4.78, 5) is 2.51. The second-order valence-electron chi connectivity index (χ2n) is 6.45. The SMILES string of the molecule is CC(c1ccccc1)C(CN)N(C)CC1CCCCC1. The predicted molar refractivity (Wildman–Crippen MR) is 86.9 cm³/mol. The minimum absolute atomic E-state index is 0.444. The standard InChI is InChI=1S/C18H30N2/c1-15(17-11-7-4-8-12-17)18(13-19)20(2)14-16-9-5-3-6-10-16/h4,7-8,11-12,15-16,18H,3,5-6,9-10,13-14,19H2,1-2H3. The van der Waals surface area contributed by atoms with E-state index in [1.54, 1.807) is 0 Å². The van der Waals surface area contributed by atoms with Crippen LogP contribution in [0.15, 0.2) is 30.3 Å². The molecule has 2 rings (SSSR count). The Kier molecular flexibility index (Phi) is 6.06. The van der Waals surface area contributed by atoms with Crippen LogP contribution in [0.1, 0.15) is 50.5 Å². The van der Waals surface area contributed by atoms with Gasteiger partial charge in [-0.1, -0.05) is 56.5 Å². The van der Waals surface area contributed by atoms with Crippen molar-refractivity contribution in [3.8, 4) is 0 Å². The van der Waals surface area contributed by atoms with Crippen molar-refractivity contribution in [2.24, 2.45) is 11.7 Å². The van der Waals surface area contributed by atoms with Crippen LogP contribution in [0.2, 0.25) is 0 Å². The minimum atomic E-state index is 0.444. The quantitative estimate of drug-likeness (QED) is 0.858. The van der Waals surface area contributed by atoms with Gasteiger partial charge < -0.3 is 10.6 Å². The summed E-state index contributed by atoms with van der Waals surface area (Å²) < 4.78 is 0. The number of hydrogen-bond donors (Lipinski definition) is 1. The van der Waals surface area contributed by atoms with Crippen LogP contribution in [0, 0.1) is 5.92 Å². The van der Waals surface area contributed by atoms with E-state index in [0.29, 0.717) is 12.0 Å². The molecule has 1 saturated carbocycles. The molecule has 1 aromatic carbocycles. The third kappa shape index (κ3) is 4.07. The van der Waals surface area contributed by atoms with Crippen molar-refractivity contribution < 1.29 is 0 Å². The summed E-state index contributed by atoms with van der Waals surface area (Å²) in [5.41, 5.74) is 7.48. The van der Waals surface area contributed by atoms with Crippen LogP contribution in [0.5, 0.6) is 0 Å². The molecule has 2 unspecified atom stereocenters. The van der Waals surface area contributed by atoms with E-state index < -0.39 is 0 Å². The van der Waals surface area contributed by atoms with E-state index in [4.69, 9.17) is 5.73 Å². The first-order valence-electron chi connectivity index (χ1n) is 8.17. The van der Waals surface area contributed by atoms with E-state index in [1.165, 1.54) is 44.2 Å². The van der Waals surface area contributed by atoms with E-state index in [-0.39, 0.29) is 0 Å². The zero-order valence-corrected chi connectivity index (χ0v) is 13.1. The van der Waals surface area contributed by atoms with Crippen LogP contribution in [0.25, 0.3) is 0 Å². The zero-order chi connectivity index (χ0) is 14.4. The molecule has 20 heavy (non-hydrogen) atoms. The molecule has 1 aliphatic carbocycles. The zero-order valence-electron chi connectivity index (χ0n) is 13.1. The lowest BCUT2D eigenvalue weighted by molar-refractivity contribution is 0.169. The van der Waals surface area contributed by atoms with E-state index in [9.17, 15) is 0 Å². The van der Waals surface area contributed by atoms with Crippen LogP contribution in [-0.2, 0) is 0 Å². The van der Waals surface area contributed by atoms with Gasteiger partial charge in [-0.25, -0.2) is 0 Å². The van der Waals surface area contributed by atoms with Gasteiger partial charge in [-0.05, 0) is 37.3 Å². The monoisotopic (exact) mass is 274 g/mol. The molecular weight excluding hydrogens is 244 g/mol. The van der Waals surface area contributed by atoms with Crippen molar-refractivity contribution in [1.29, 1.82) is 0 Å². The van der Waals surface area contributed by atoms with E-state index in [0.717, 1.165) is 12.5 Å². The lowest BCUT2D eigenvalue weighted by Crippen LogP contribution is -2.44. The summed E-state index contributed by atoms with van der Waals surface area (Å²) in [5.74, 6) is 1.38. The molecule has 0 saturated heterocycles. The number of rotatable bonds is 6. The van der Waals surface area contributed by atoms with Crippen LogP contribution < -0.4 is 5.73 Å². The molecule has 0 heterocycles. The molecule has 0 radical (unpaired) electrons. The molecule has 0 aliphatic heterocycles. The molecule has 2 nitrogen and oxygen atoms in total. The summed E-state index contributed by atoms with van der Waals surface area (Å²) in [6.07, 6.45) is 7.07. The highest BCUT2D eigenvalue weighted by atomic mass is 15.1. The second-order valence-corrected chi connectivity index (χ2v) is 6.45. The summed E-state index contributed by atoms with van der Waals surface area (Å²) in [6.45, 7) is 4.25. The van der Waals surface area contributed by atoms with Crippen LogP contribution in [0.3, 0.4) is 0 Å². The Morgan fingerprint density at radius 2 is 1.80 bits per heavy atom. The number of hydrogen-bond acceptors (Lipinski definition) is 2. The Morgan fingerprint density at radius 3 is 2.40 bits per heavy atom. The molecule has 112 valence electrons. The van der Waals surface area contributed by atoms with Crippen molar-refractivity contribution in [3.63, 3.8) is 0 Å². The van der Waals surface area contributed by atoms with Gasteiger partial charge in [0.1, 0.15) is 0 Å². The maximum Gasteiger partial charge on any atom is 0.0281 e. The molecule has 2 atom stereocenters. The predicted octanol–water partition coefficient (Wildman–Crippen LogP) is 3.63. The van der Waals surface area contributed by atoms with E-state index in [2.05, 4.69) is 49.2 Å². The smallest absolute Gasteiger partial charge is 0.0281 e. The molecule has 1 fully saturated rings. The van der Waals surface area contributed by atoms with Crippen LogP contribution >= 0.6 is 0 Å². The van der Waals surface area contributed by atoms with Crippen LogP contribution in [-0.4, -0.2) is 31.1 Å². The normalized spacial score (nSPS) is 20.0. The van der Waals surface area contributed by atoms with Gasteiger partial charge in [-0.3, -0.25) is 0 Å². The van der Waals surface area contributed by atoms with Gasteiger partial charge >= 0.3 is 0 Å². The van der Waals surface area contributed by atoms with Gasteiger partial charge in [0.05, 0.1) is 0 Å². The van der Waals surface area contributed by atoms with Gasteiger partial charge in [0.15, 0.2) is 0 Å². The van der Waals surface area contributed by atoms with E-state index in [1.807, 2.05) is 0 Å². The maximum absolute atomic E-state index is 6.08. The molecule has 2 N–H and O–H groups in total. The summed E-state index contributed by atoms with van der Waals surface area (Å²) in [7, 11) is 2.26. The van der Waals surface area contributed by atoms with Crippen molar-refractivity contribution in [2.75, 3.05) is 20.1 Å². The maximum atomic E-state index is 6.08. The summed E-state index contributed by atoms with van der Waals surface area (Å²) in [5, 5.41) is 0. The Hall–Kier alpha value is -0.860. The summed E-state index contributed by atoms with van der Waals surface area (Å²) >= 11 is 0. The largest absolute Gasteiger partial charge is 0.329 e. The van der Waals surface area contributed by atoms with Gasteiger partial charge in [0, 0.05) is 19.1 Å². The highest BCUT2D eigenvalue weighted by Crippen LogP contribution is 2.27. The third-order valence-electron chi connectivity index (χ3n) is 4.98. The molecule has 1 aromatic rings. The van der Waals surface area contributed by atoms with Crippen molar-refractivity contribution in [1.82, 2.24) is 4.90 Å². The highest BCUT2D eigenvalue weighted by molar-refractivity contribution is 5.20. The Balaban J connectivity index is 1.95. The molecule has 2 heteroatoms. The molecule has 1 aliphatic rings. The molecule has 0 bridgehead atoms. The second kappa shape index (κ2) is 7.80. The molecular formula is C18H30N2. The van der Waals surface area contributed by atoms with Crippen molar-refractivity contribution >= 4 is 0 Å². The lowest BCUT2D eigenvalue weighted by Gasteiger charge is -2.35. The number of likely N-dealkylation sites (N-methyl/N-ethyl adjacent to an activating group) is 1. The Morgan fingerprint density at radius 1 is 1.15 bits per heavy atom. The number of nitrogens with zero attached hydrogens (tertiary/aromatic N) is 1. The molecule has 0 amide bonds.